The van der Waals surface area contributed by atoms with Gasteiger partial charge in [-0.25, -0.2) is 0 Å². The van der Waals surface area contributed by atoms with E-state index >= 15 is 0 Å². The van der Waals surface area contributed by atoms with Gasteiger partial charge in [0.1, 0.15) is 0 Å². The van der Waals surface area contributed by atoms with E-state index < -0.39 is 0 Å². The van der Waals surface area contributed by atoms with Crippen molar-refractivity contribution in [2.24, 2.45) is 11.7 Å². The maximum absolute atomic E-state index is 5.53. The molecule has 1 aliphatic rings. The van der Waals surface area contributed by atoms with Crippen molar-refractivity contribution in [1.82, 2.24) is 0 Å². The van der Waals surface area contributed by atoms with E-state index in [-0.39, 0.29) is 0 Å². The fourth-order valence-electron chi connectivity index (χ4n) is 1.82. The van der Waals surface area contributed by atoms with E-state index in [1.54, 1.807) is 0 Å². The van der Waals surface area contributed by atoms with Crippen LogP contribution in [-0.4, -0.2) is 19.8 Å². The van der Waals surface area contributed by atoms with Crippen LogP contribution in [0.3, 0.4) is 0 Å². The Morgan fingerprint density at radius 2 is 1.92 bits per heavy atom. The number of hydrogen-bond acceptors (Lipinski definition) is 2. The first-order chi connectivity index (χ1) is 6.43. The van der Waals surface area contributed by atoms with Crippen molar-refractivity contribution in [2.45, 2.75) is 32.1 Å². The SMILES string of the molecule is NCC=CCOCC1CCCCC1. The van der Waals surface area contributed by atoms with Crippen LogP contribution in [0.4, 0.5) is 0 Å². The summed E-state index contributed by atoms with van der Waals surface area (Å²) < 4.78 is 5.53. The highest BCUT2D eigenvalue weighted by Gasteiger charge is 2.12. The van der Waals surface area contributed by atoms with Crippen LogP contribution in [0.25, 0.3) is 0 Å². The van der Waals surface area contributed by atoms with Crippen LogP contribution < -0.4 is 5.73 Å². The molecule has 2 heteroatoms. The summed E-state index contributed by atoms with van der Waals surface area (Å²) in [7, 11) is 0. The lowest BCUT2D eigenvalue weighted by atomic mass is 9.90. The molecule has 0 saturated heterocycles. The lowest BCUT2D eigenvalue weighted by Gasteiger charge is -2.20. The lowest BCUT2D eigenvalue weighted by Crippen LogP contribution is -2.13. The molecule has 2 nitrogen and oxygen atoms in total. The molecular weight excluding hydrogens is 162 g/mol. The minimum atomic E-state index is 0.618. The van der Waals surface area contributed by atoms with Crippen molar-refractivity contribution in [1.29, 1.82) is 0 Å². The molecule has 0 bridgehead atoms. The summed E-state index contributed by atoms with van der Waals surface area (Å²) in [5.41, 5.74) is 5.31. The zero-order valence-corrected chi connectivity index (χ0v) is 8.37. The van der Waals surface area contributed by atoms with Gasteiger partial charge in [-0.05, 0) is 18.8 Å². The Hall–Kier alpha value is -0.340. The summed E-state index contributed by atoms with van der Waals surface area (Å²) >= 11 is 0. The largest absolute Gasteiger partial charge is 0.377 e. The van der Waals surface area contributed by atoms with Gasteiger partial charge in [-0.3, -0.25) is 0 Å². The van der Waals surface area contributed by atoms with Gasteiger partial charge in [0.2, 0.25) is 0 Å². The third kappa shape index (κ3) is 5.06. The van der Waals surface area contributed by atoms with Crippen molar-refractivity contribution in [3.8, 4) is 0 Å². The summed E-state index contributed by atoms with van der Waals surface area (Å²) in [4.78, 5) is 0. The summed E-state index contributed by atoms with van der Waals surface area (Å²) in [6.07, 6.45) is 10.9. The molecule has 1 rings (SSSR count). The average Bonchev–Trinajstić information content (AvgIpc) is 2.19. The Kier molecular flexibility index (Phi) is 5.87. The minimum Gasteiger partial charge on any atom is -0.377 e. The third-order valence-electron chi connectivity index (χ3n) is 2.60. The minimum absolute atomic E-state index is 0.618. The topological polar surface area (TPSA) is 35.2 Å². The fourth-order valence-corrected chi connectivity index (χ4v) is 1.82. The molecule has 13 heavy (non-hydrogen) atoms. The van der Waals surface area contributed by atoms with Crippen LogP contribution in [0, 0.1) is 5.92 Å². The molecule has 1 aliphatic carbocycles. The Bertz CT molecular complexity index is 139. The molecular formula is C11H21NO. The zero-order valence-electron chi connectivity index (χ0n) is 8.37. The molecule has 0 spiro atoms. The van der Waals surface area contributed by atoms with Gasteiger partial charge in [0.05, 0.1) is 6.61 Å². The van der Waals surface area contributed by atoms with E-state index in [0.29, 0.717) is 6.54 Å². The fraction of sp³-hybridized carbons (Fsp3) is 0.818. The highest BCUT2D eigenvalue weighted by molar-refractivity contribution is 4.82. The molecule has 0 aromatic rings. The van der Waals surface area contributed by atoms with Gasteiger partial charge in [-0.15, -0.1) is 0 Å². The zero-order chi connectivity index (χ0) is 9.36. The summed E-state index contributed by atoms with van der Waals surface area (Å²) in [5, 5.41) is 0. The van der Waals surface area contributed by atoms with E-state index in [1.807, 2.05) is 12.2 Å². The Morgan fingerprint density at radius 1 is 1.15 bits per heavy atom. The predicted octanol–water partition coefficient (Wildman–Crippen LogP) is 2.10. The Labute approximate surface area is 81.1 Å². The van der Waals surface area contributed by atoms with E-state index in [9.17, 15) is 0 Å². The molecule has 0 amide bonds. The second-order valence-electron chi connectivity index (χ2n) is 3.75. The quantitative estimate of drug-likeness (QED) is 0.523. The number of rotatable bonds is 5. The summed E-state index contributed by atoms with van der Waals surface area (Å²) in [5.74, 6) is 0.819. The molecule has 0 radical (unpaired) electrons. The van der Waals surface area contributed by atoms with Crippen molar-refractivity contribution in [2.75, 3.05) is 19.8 Å². The van der Waals surface area contributed by atoms with Crippen molar-refractivity contribution in [3.05, 3.63) is 12.2 Å². The molecule has 0 unspecified atom stereocenters. The molecule has 1 fully saturated rings. The molecule has 76 valence electrons. The molecule has 2 N–H and O–H groups in total. The van der Waals surface area contributed by atoms with Crippen molar-refractivity contribution in [3.63, 3.8) is 0 Å². The summed E-state index contributed by atoms with van der Waals surface area (Å²) in [6, 6.07) is 0. The van der Waals surface area contributed by atoms with Crippen molar-refractivity contribution >= 4 is 0 Å². The van der Waals surface area contributed by atoms with Crippen LogP contribution >= 0.6 is 0 Å². The summed E-state index contributed by atoms with van der Waals surface area (Å²) in [6.45, 7) is 2.29. The number of hydrogen-bond donors (Lipinski definition) is 1. The molecule has 0 aromatic heterocycles. The van der Waals surface area contributed by atoms with E-state index in [1.165, 1.54) is 32.1 Å². The first-order valence-electron chi connectivity index (χ1n) is 5.36. The van der Waals surface area contributed by atoms with Crippen LogP contribution in [-0.2, 0) is 4.74 Å². The van der Waals surface area contributed by atoms with Gasteiger partial charge < -0.3 is 10.5 Å². The van der Waals surface area contributed by atoms with Gasteiger partial charge in [-0.2, -0.15) is 0 Å². The van der Waals surface area contributed by atoms with Gasteiger partial charge in [0.25, 0.3) is 0 Å². The second kappa shape index (κ2) is 7.10. The van der Waals surface area contributed by atoms with Gasteiger partial charge in [0, 0.05) is 13.2 Å². The monoisotopic (exact) mass is 183 g/mol. The normalized spacial score (nSPS) is 19.8. The predicted molar refractivity (Wildman–Crippen MR) is 55.6 cm³/mol. The highest BCUT2D eigenvalue weighted by atomic mass is 16.5. The maximum atomic E-state index is 5.53. The first kappa shape index (κ1) is 10.7. The average molecular weight is 183 g/mol. The van der Waals surface area contributed by atoms with Crippen LogP contribution in [0.2, 0.25) is 0 Å². The van der Waals surface area contributed by atoms with Crippen molar-refractivity contribution < 1.29 is 4.74 Å². The number of nitrogens with two attached hydrogens (primary N) is 1. The Balaban J connectivity index is 1.95. The first-order valence-corrected chi connectivity index (χ1v) is 5.36. The van der Waals surface area contributed by atoms with E-state index in [2.05, 4.69) is 0 Å². The van der Waals surface area contributed by atoms with E-state index in [0.717, 1.165) is 19.1 Å². The highest BCUT2D eigenvalue weighted by Crippen LogP contribution is 2.23. The Morgan fingerprint density at radius 3 is 2.62 bits per heavy atom. The molecule has 0 heterocycles. The standard InChI is InChI=1S/C11H21NO/c12-8-4-5-9-13-10-11-6-2-1-3-7-11/h4-5,11H,1-3,6-10,12H2. The molecule has 0 atom stereocenters. The van der Waals surface area contributed by atoms with Gasteiger partial charge in [-0.1, -0.05) is 31.4 Å². The van der Waals surface area contributed by atoms with Crippen LogP contribution in [0.1, 0.15) is 32.1 Å². The van der Waals surface area contributed by atoms with Gasteiger partial charge in [0.15, 0.2) is 0 Å². The van der Waals surface area contributed by atoms with Crippen LogP contribution in [0.15, 0.2) is 12.2 Å². The maximum Gasteiger partial charge on any atom is 0.0648 e. The second-order valence-corrected chi connectivity index (χ2v) is 3.75. The molecule has 1 saturated carbocycles. The van der Waals surface area contributed by atoms with Crippen LogP contribution in [0.5, 0.6) is 0 Å². The van der Waals surface area contributed by atoms with E-state index in [4.69, 9.17) is 10.5 Å². The number of ether oxygens (including phenoxy) is 1. The molecule has 0 aliphatic heterocycles. The van der Waals surface area contributed by atoms with Gasteiger partial charge >= 0.3 is 0 Å². The molecule has 0 aromatic carbocycles. The smallest absolute Gasteiger partial charge is 0.0648 e. The lowest BCUT2D eigenvalue weighted by molar-refractivity contribution is 0.105. The third-order valence-corrected chi connectivity index (χ3v) is 2.60.